The van der Waals surface area contributed by atoms with Crippen LogP contribution in [0.15, 0.2) is 33.6 Å². The molecule has 1 aromatic carbocycles. The van der Waals surface area contributed by atoms with Crippen LogP contribution in [0.5, 0.6) is 11.5 Å². The summed E-state index contributed by atoms with van der Waals surface area (Å²) in [7, 11) is 1.23. The topological polar surface area (TPSA) is 95.3 Å². The van der Waals surface area contributed by atoms with Gasteiger partial charge in [-0.1, -0.05) is 11.6 Å². The fraction of sp³-hybridized carbons (Fsp3) is 0.318. The van der Waals surface area contributed by atoms with Gasteiger partial charge in [-0.25, -0.2) is 4.79 Å². The Morgan fingerprint density at radius 2 is 2.03 bits per heavy atom. The molecule has 0 bridgehead atoms. The van der Waals surface area contributed by atoms with E-state index in [-0.39, 0.29) is 29.1 Å². The zero-order valence-corrected chi connectivity index (χ0v) is 19.5. The van der Waals surface area contributed by atoms with Gasteiger partial charge in [-0.05, 0) is 68.4 Å². The molecule has 1 saturated heterocycles. The van der Waals surface area contributed by atoms with E-state index in [4.69, 9.17) is 25.5 Å². The van der Waals surface area contributed by atoms with Crippen molar-refractivity contribution in [3.8, 4) is 11.5 Å². The number of carbonyl (C=O) groups is 3. The number of carbonyl (C=O) groups excluding carboxylic acids is 3. The Hall–Kier alpha value is -2.91. The molecule has 0 radical (unpaired) electrons. The lowest BCUT2D eigenvalue weighted by atomic mass is 10.1. The second-order valence-corrected chi connectivity index (χ2v) is 8.36. The summed E-state index contributed by atoms with van der Waals surface area (Å²) in [5.74, 6) is 0.0282. The number of furan rings is 1. The fourth-order valence-corrected chi connectivity index (χ4v) is 4.00. The van der Waals surface area contributed by atoms with E-state index in [0.29, 0.717) is 28.7 Å². The largest absolute Gasteiger partial charge is 0.490 e. The Labute approximate surface area is 194 Å². The predicted octanol–water partition coefficient (Wildman–Crippen LogP) is 5.14. The van der Waals surface area contributed by atoms with Crippen LogP contribution in [-0.4, -0.2) is 41.8 Å². The number of ether oxygens (including phenoxy) is 3. The number of esters is 1. The first-order valence-corrected chi connectivity index (χ1v) is 11.0. The molecule has 0 N–H and O–H groups in total. The van der Waals surface area contributed by atoms with Gasteiger partial charge in [0.2, 0.25) is 5.76 Å². The van der Waals surface area contributed by atoms with E-state index in [1.807, 2.05) is 20.8 Å². The van der Waals surface area contributed by atoms with E-state index >= 15 is 0 Å². The van der Waals surface area contributed by atoms with Gasteiger partial charge in [0, 0.05) is 0 Å². The molecule has 1 aliphatic heterocycles. The van der Waals surface area contributed by atoms with Gasteiger partial charge < -0.3 is 18.6 Å². The van der Waals surface area contributed by atoms with Gasteiger partial charge in [0.1, 0.15) is 5.76 Å². The molecule has 1 aliphatic rings. The second-order valence-electron chi connectivity index (χ2n) is 6.96. The quantitative estimate of drug-likeness (QED) is 0.379. The lowest BCUT2D eigenvalue weighted by molar-refractivity contribution is -0.123. The van der Waals surface area contributed by atoms with Gasteiger partial charge in [0.05, 0.1) is 36.3 Å². The van der Waals surface area contributed by atoms with Crippen LogP contribution < -0.4 is 9.47 Å². The maximum Gasteiger partial charge on any atom is 0.373 e. The average molecular weight is 480 g/mol. The molecule has 8 nitrogen and oxygen atoms in total. The summed E-state index contributed by atoms with van der Waals surface area (Å²) in [5, 5.41) is -0.116. The molecular weight excluding hydrogens is 458 g/mol. The highest BCUT2D eigenvalue weighted by Crippen LogP contribution is 2.40. The molecule has 2 amide bonds. The van der Waals surface area contributed by atoms with Gasteiger partial charge in [-0.2, -0.15) is 0 Å². The molecule has 3 rings (SSSR count). The number of benzene rings is 1. The van der Waals surface area contributed by atoms with Crippen molar-refractivity contribution in [3.05, 3.63) is 51.3 Å². The Kier molecular flexibility index (Phi) is 7.52. The van der Waals surface area contributed by atoms with Crippen LogP contribution in [0, 0.1) is 0 Å². The van der Waals surface area contributed by atoms with Crippen molar-refractivity contribution >= 4 is 46.6 Å². The summed E-state index contributed by atoms with van der Waals surface area (Å²) in [6.45, 7) is 5.89. The van der Waals surface area contributed by atoms with Crippen LogP contribution >= 0.6 is 23.4 Å². The van der Waals surface area contributed by atoms with Gasteiger partial charge in [0.25, 0.3) is 11.1 Å². The lowest BCUT2D eigenvalue weighted by Crippen LogP contribution is -2.27. The van der Waals surface area contributed by atoms with Crippen molar-refractivity contribution in [1.29, 1.82) is 0 Å². The van der Waals surface area contributed by atoms with Crippen molar-refractivity contribution in [3.63, 3.8) is 0 Å². The van der Waals surface area contributed by atoms with Crippen LogP contribution in [0.25, 0.3) is 6.08 Å². The van der Waals surface area contributed by atoms with Gasteiger partial charge in [-0.15, -0.1) is 0 Å². The van der Waals surface area contributed by atoms with Crippen LogP contribution in [0.4, 0.5) is 4.79 Å². The summed E-state index contributed by atoms with van der Waals surface area (Å²) < 4.78 is 21.3. The Bertz CT molecular complexity index is 1080. The molecule has 170 valence electrons. The van der Waals surface area contributed by atoms with Crippen LogP contribution in [-0.2, 0) is 16.1 Å². The Morgan fingerprint density at radius 3 is 2.69 bits per heavy atom. The molecule has 0 spiro atoms. The van der Waals surface area contributed by atoms with E-state index in [1.54, 1.807) is 18.2 Å². The van der Waals surface area contributed by atoms with E-state index in [0.717, 1.165) is 16.7 Å². The molecule has 10 heteroatoms. The minimum atomic E-state index is -0.642. The van der Waals surface area contributed by atoms with Crippen molar-refractivity contribution in [2.45, 2.75) is 33.4 Å². The predicted molar refractivity (Wildman–Crippen MR) is 120 cm³/mol. The third-order valence-electron chi connectivity index (χ3n) is 4.22. The standard InChI is InChI=1S/C22H22ClNO7S/c1-5-29-17-9-13(8-15(23)19(17)30-12(2)3)10-18-20(25)24(22(27)32-18)11-14-6-7-16(31-14)21(26)28-4/h6-10,12H,5,11H2,1-4H3/b18-10+. The summed E-state index contributed by atoms with van der Waals surface area (Å²) in [6.07, 6.45) is 1.47. The second kappa shape index (κ2) is 10.1. The van der Waals surface area contributed by atoms with Crippen molar-refractivity contribution in [1.82, 2.24) is 4.90 Å². The maximum atomic E-state index is 12.8. The molecule has 2 heterocycles. The van der Waals surface area contributed by atoms with Crippen LogP contribution in [0.2, 0.25) is 5.02 Å². The van der Waals surface area contributed by atoms with E-state index in [9.17, 15) is 14.4 Å². The molecule has 0 atom stereocenters. The number of nitrogens with zero attached hydrogens (tertiary/aromatic N) is 1. The molecule has 1 aromatic heterocycles. The smallest absolute Gasteiger partial charge is 0.373 e. The first kappa shape index (κ1) is 23.7. The molecule has 0 saturated carbocycles. The minimum Gasteiger partial charge on any atom is -0.490 e. The first-order valence-electron chi connectivity index (χ1n) is 9.78. The summed E-state index contributed by atoms with van der Waals surface area (Å²) in [4.78, 5) is 38.0. The summed E-state index contributed by atoms with van der Waals surface area (Å²) >= 11 is 7.19. The number of halogens is 1. The Balaban J connectivity index is 1.83. The first-order chi connectivity index (χ1) is 15.2. The summed E-state index contributed by atoms with van der Waals surface area (Å²) in [5.41, 5.74) is 0.589. The van der Waals surface area contributed by atoms with E-state index < -0.39 is 17.1 Å². The highest BCUT2D eigenvalue weighted by Gasteiger charge is 2.36. The average Bonchev–Trinajstić information content (AvgIpc) is 3.30. The number of thioether (sulfide) groups is 1. The number of rotatable bonds is 8. The SMILES string of the molecule is CCOc1cc(/C=C2/SC(=O)N(Cc3ccc(C(=O)OC)o3)C2=O)cc(Cl)c1OC(C)C. The number of imide groups is 1. The van der Waals surface area contributed by atoms with Gasteiger partial charge >= 0.3 is 5.97 Å². The lowest BCUT2D eigenvalue weighted by Gasteiger charge is -2.16. The zero-order chi connectivity index (χ0) is 23.4. The van der Waals surface area contributed by atoms with Crippen LogP contribution in [0.3, 0.4) is 0 Å². The molecule has 0 aliphatic carbocycles. The third-order valence-corrected chi connectivity index (χ3v) is 5.41. The maximum absolute atomic E-state index is 12.8. The van der Waals surface area contributed by atoms with E-state index in [2.05, 4.69) is 4.74 Å². The normalized spacial score (nSPS) is 15.1. The molecule has 0 unspecified atom stereocenters. The molecular formula is C22H22ClNO7S. The highest BCUT2D eigenvalue weighted by atomic mass is 35.5. The zero-order valence-electron chi connectivity index (χ0n) is 18.0. The van der Waals surface area contributed by atoms with E-state index in [1.165, 1.54) is 19.2 Å². The van der Waals surface area contributed by atoms with Crippen molar-refractivity contribution < 1.29 is 33.0 Å². The van der Waals surface area contributed by atoms with Gasteiger partial charge in [-0.3, -0.25) is 14.5 Å². The third kappa shape index (κ3) is 5.28. The Morgan fingerprint density at radius 1 is 1.28 bits per heavy atom. The molecule has 2 aromatic rings. The number of amides is 2. The number of methoxy groups -OCH3 is 1. The van der Waals surface area contributed by atoms with Crippen molar-refractivity contribution in [2.24, 2.45) is 0 Å². The van der Waals surface area contributed by atoms with Gasteiger partial charge in [0.15, 0.2) is 11.5 Å². The summed E-state index contributed by atoms with van der Waals surface area (Å²) in [6, 6.07) is 6.29. The fourth-order valence-electron chi connectivity index (χ4n) is 2.90. The number of hydrogen-bond acceptors (Lipinski definition) is 8. The number of hydrogen-bond donors (Lipinski definition) is 0. The monoisotopic (exact) mass is 479 g/mol. The minimum absolute atomic E-state index is 0.00758. The highest BCUT2D eigenvalue weighted by molar-refractivity contribution is 8.18. The van der Waals surface area contributed by atoms with Crippen LogP contribution in [0.1, 0.15) is 42.6 Å². The molecule has 1 fully saturated rings. The molecule has 32 heavy (non-hydrogen) atoms. The van der Waals surface area contributed by atoms with Crippen molar-refractivity contribution in [2.75, 3.05) is 13.7 Å².